The smallest absolute Gasteiger partial charge is 0.106 e. The summed E-state index contributed by atoms with van der Waals surface area (Å²) < 4.78 is 10.8. The van der Waals surface area contributed by atoms with Crippen molar-refractivity contribution in [3.63, 3.8) is 0 Å². The van der Waals surface area contributed by atoms with E-state index in [9.17, 15) is 0 Å². The second kappa shape index (κ2) is 4.08. The molecular weight excluding hydrogens is 248 g/mol. The summed E-state index contributed by atoms with van der Waals surface area (Å²) in [6, 6.07) is 10.3. The van der Waals surface area contributed by atoms with Crippen LogP contribution in [0.25, 0.3) is 0 Å². The summed E-state index contributed by atoms with van der Waals surface area (Å²) in [5.41, 5.74) is 2.19. The molecule has 0 N–H and O–H groups in total. The van der Waals surface area contributed by atoms with Gasteiger partial charge in [-0.2, -0.15) is 0 Å². The van der Waals surface area contributed by atoms with Gasteiger partial charge in [-0.25, -0.2) is 0 Å². The Balaban J connectivity index is 0.000000108. The largest absolute Gasteiger partial charge is 0.368 e. The van der Waals surface area contributed by atoms with Crippen LogP contribution in [0.5, 0.6) is 0 Å². The first-order valence-electron chi connectivity index (χ1n) is 7.86. The summed E-state index contributed by atoms with van der Waals surface area (Å²) in [6.07, 6.45) is 3.81. The Hall–Kier alpha value is -0.860. The van der Waals surface area contributed by atoms with Gasteiger partial charge < -0.3 is 9.47 Å². The highest BCUT2D eigenvalue weighted by Crippen LogP contribution is 2.70. The molecule has 108 valence electrons. The molecule has 2 heteroatoms. The Labute approximate surface area is 121 Å². The third kappa shape index (κ3) is 1.85. The van der Waals surface area contributed by atoms with Gasteiger partial charge in [-0.05, 0) is 42.6 Å². The Morgan fingerprint density at radius 3 is 2.25 bits per heavy atom. The van der Waals surface area contributed by atoms with Crippen LogP contribution in [0, 0.1) is 17.3 Å². The Morgan fingerprint density at radius 2 is 1.75 bits per heavy atom. The lowest BCUT2D eigenvalue weighted by Gasteiger charge is -2.57. The number of rotatable bonds is 1. The molecule has 5 fully saturated rings. The maximum absolute atomic E-state index is 5.75. The fourth-order valence-electron chi connectivity index (χ4n) is 4.42. The Bertz CT molecular complexity index is 501. The highest BCUT2D eigenvalue weighted by molar-refractivity contribution is 5.20. The summed E-state index contributed by atoms with van der Waals surface area (Å²) >= 11 is 0. The predicted octanol–water partition coefficient (Wildman–Crippen LogP) is 3.97. The van der Waals surface area contributed by atoms with Gasteiger partial charge in [0, 0.05) is 0 Å². The minimum Gasteiger partial charge on any atom is -0.368 e. The minimum absolute atomic E-state index is 0.304. The van der Waals surface area contributed by atoms with Crippen molar-refractivity contribution in [2.24, 2.45) is 17.3 Å². The molecule has 1 aromatic rings. The van der Waals surface area contributed by atoms with E-state index in [0.717, 1.165) is 18.4 Å². The molecule has 3 unspecified atom stereocenters. The van der Waals surface area contributed by atoms with Crippen LogP contribution in [0.15, 0.2) is 30.3 Å². The topological polar surface area (TPSA) is 25.1 Å². The summed E-state index contributed by atoms with van der Waals surface area (Å²) in [6.45, 7) is 8.04. The van der Waals surface area contributed by atoms with Gasteiger partial charge in [-0.15, -0.1) is 0 Å². The van der Waals surface area contributed by atoms with Crippen LogP contribution in [0.2, 0.25) is 0 Å². The van der Waals surface area contributed by atoms with Gasteiger partial charge in [0.25, 0.3) is 0 Å². The van der Waals surface area contributed by atoms with Crippen molar-refractivity contribution >= 4 is 0 Å². The lowest BCUT2D eigenvalue weighted by atomic mass is 9.46. The molecule has 3 aliphatic carbocycles. The summed E-state index contributed by atoms with van der Waals surface area (Å²) in [5, 5.41) is 0. The third-order valence-electron chi connectivity index (χ3n) is 6.14. The number of hydrogen-bond acceptors (Lipinski definition) is 2. The molecule has 0 spiro atoms. The highest BCUT2D eigenvalue weighted by Gasteiger charge is 2.72. The molecule has 2 heterocycles. The monoisotopic (exact) mass is 272 g/mol. The van der Waals surface area contributed by atoms with Crippen LogP contribution < -0.4 is 0 Å². The van der Waals surface area contributed by atoms with Gasteiger partial charge in [-0.3, -0.25) is 0 Å². The van der Waals surface area contributed by atoms with Crippen LogP contribution in [-0.4, -0.2) is 18.3 Å². The molecule has 2 saturated heterocycles. The predicted molar refractivity (Wildman–Crippen MR) is 78.4 cm³/mol. The molecular formula is C18H24O2. The molecule has 3 saturated carbocycles. The molecule has 0 radical (unpaired) electrons. The highest BCUT2D eigenvalue weighted by atomic mass is 16.6. The van der Waals surface area contributed by atoms with Crippen molar-refractivity contribution in [3.05, 3.63) is 35.9 Å². The molecule has 5 atom stereocenters. The number of hydrogen-bond donors (Lipinski definition) is 0. The van der Waals surface area contributed by atoms with Crippen LogP contribution in [-0.2, 0) is 9.47 Å². The van der Waals surface area contributed by atoms with Crippen molar-refractivity contribution in [1.29, 1.82) is 0 Å². The average Bonchev–Trinajstić information content (AvgIpc) is 3.33. The Kier molecular flexibility index (Phi) is 2.62. The van der Waals surface area contributed by atoms with Crippen LogP contribution in [0.3, 0.4) is 0 Å². The quantitative estimate of drug-likeness (QED) is 0.723. The van der Waals surface area contributed by atoms with Crippen molar-refractivity contribution in [2.75, 3.05) is 6.61 Å². The number of benzene rings is 1. The van der Waals surface area contributed by atoms with E-state index in [-0.39, 0.29) is 0 Å². The molecule has 0 amide bonds. The zero-order valence-electron chi connectivity index (χ0n) is 12.6. The summed E-state index contributed by atoms with van der Waals surface area (Å²) in [5.74, 6) is 1.83. The van der Waals surface area contributed by atoms with Gasteiger partial charge >= 0.3 is 0 Å². The van der Waals surface area contributed by atoms with Crippen molar-refractivity contribution in [2.45, 2.75) is 51.4 Å². The fraction of sp³-hybridized carbons (Fsp3) is 0.667. The normalized spacial score (nSPS) is 45.4. The van der Waals surface area contributed by atoms with E-state index in [0.29, 0.717) is 23.2 Å². The number of ether oxygens (including phenoxy) is 2. The third-order valence-corrected chi connectivity index (χ3v) is 6.14. The zero-order chi connectivity index (χ0) is 14.0. The maximum atomic E-state index is 5.75. The second-order valence-corrected chi connectivity index (χ2v) is 7.57. The van der Waals surface area contributed by atoms with Gasteiger partial charge in [0.1, 0.15) is 6.10 Å². The number of epoxide rings is 2. The van der Waals surface area contributed by atoms with Crippen molar-refractivity contribution in [3.8, 4) is 0 Å². The van der Waals surface area contributed by atoms with E-state index in [1.165, 1.54) is 18.4 Å². The molecule has 0 aromatic heterocycles. The lowest BCUT2D eigenvalue weighted by molar-refractivity contribution is -0.0789. The molecule has 2 nitrogen and oxygen atoms in total. The fourth-order valence-corrected chi connectivity index (χ4v) is 4.42. The van der Waals surface area contributed by atoms with Gasteiger partial charge in [0.2, 0.25) is 0 Å². The van der Waals surface area contributed by atoms with Crippen LogP contribution in [0.1, 0.15) is 45.3 Å². The first-order valence-corrected chi connectivity index (χ1v) is 7.86. The average molecular weight is 272 g/mol. The van der Waals surface area contributed by atoms with E-state index >= 15 is 0 Å². The summed E-state index contributed by atoms with van der Waals surface area (Å²) in [7, 11) is 0. The zero-order valence-corrected chi connectivity index (χ0v) is 12.6. The van der Waals surface area contributed by atoms with Crippen LogP contribution >= 0.6 is 0 Å². The van der Waals surface area contributed by atoms with Gasteiger partial charge in [0.15, 0.2) is 0 Å². The van der Waals surface area contributed by atoms with E-state index < -0.39 is 0 Å². The van der Waals surface area contributed by atoms with Crippen molar-refractivity contribution < 1.29 is 9.47 Å². The van der Waals surface area contributed by atoms with E-state index in [1.54, 1.807) is 0 Å². The standard InChI is InChI=1S/C10H16O.C8H8O/c1-9(2)6-4-7(9)10(3)8(5-6)11-10;1-2-4-7(5-3-1)8-6-9-8/h6-8H,4-5H2,1-3H3;1-5,8H,6H2/t6-,7-,8?,10?;/m0./s1. The molecule has 5 aliphatic rings. The lowest BCUT2D eigenvalue weighted by Crippen LogP contribution is -2.56. The van der Waals surface area contributed by atoms with Gasteiger partial charge in [0.05, 0.1) is 18.3 Å². The van der Waals surface area contributed by atoms with Gasteiger partial charge in [-0.1, -0.05) is 44.2 Å². The first kappa shape index (κ1) is 12.8. The minimum atomic E-state index is 0.304. The van der Waals surface area contributed by atoms with Crippen LogP contribution in [0.4, 0.5) is 0 Å². The molecule has 20 heavy (non-hydrogen) atoms. The van der Waals surface area contributed by atoms with E-state index in [4.69, 9.17) is 9.47 Å². The molecule has 6 rings (SSSR count). The summed E-state index contributed by atoms with van der Waals surface area (Å²) in [4.78, 5) is 0. The first-order chi connectivity index (χ1) is 9.52. The maximum Gasteiger partial charge on any atom is 0.106 e. The molecule has 1 aromatic carbocycles. The SMILES string of the molecule is CC12OC1C[C@@H]1C[C@H]2C1(C)C.c1ccc(C2CO2)cc1. The second-order valence-electron chi connectivity index (χ2n) is 7.57. The van der Waals surface area contributed by atoms with E-state index in [2.05, 4.69) is 32.9 Å². The molecule has 2 aliphatic heterocycles. The van der Waals surface area contributed by atoms with E-state index in [1.807, 2.05) is 18.2 Å². The Morgan fingerprint density at radius 1 is 1.05 bits per heavy atom. The molecule has 2 bridgehead atoms. The van der Waals surface area contributed by atoms with Crippen molar-refractivity contribution in [1.82, 2.24) is 0 Å².